The molecule has 0 saturated carbocycles. The van der Waals surface area contributed by atoms with Crippen LogP contribution in [0.5, 0.6) is 0 Å². The number of hydrogen-bond donors (Lipinski definition) is 1. The minimum Gasteiger partial charge on any atom is -0.465 e. The van der Waals surface area contributed by atoms with Crippen molar-refractivity contribution in [1.29, 1.82) is 0 Å². The van der Waals surface area contributed by atoms with Crippen LogP contribution in [0.25, 0.3) is 0 Å². The first-order valence-electron chi connectivity index (χ1n) is 7.74. The van der Waals surface area contributed by atoms with Crippen LogP contribution in [-0.4, -0.2) is 53.2 Å². The van der Waals surface area contributed by atoms with Crippen molar-refractivity contribution < 1.29 is 19.4 Å². The maximum absolute atomic E-state index is 11.6. The van der Waals surface area contributed by atoms with Crippen molar-refractivity contribution in [2.45, 2.75) is 32.3 Å². The summed E-state index contributed by atoms with van der Waals surface area (Å²) < 4.78 is 11.6. The van der Waals surface area contributed by atoms with Crippen LogP contribution in [0.1, 0.15) is 19.4 Å². The lowest BCUT2D eigenvalue weighted by atomic mass is 10.0. The molecular formula is C17H25NO4S. The van der Waals surface area contributed by atoms with Crippen LogP contribution in [0, 0.1) is 5.92 Å². The molecule has 0 spiro atoms. The quantitative estimate of drug-likeness (QED) is 0.826. The molecule has 1 N–H and O–H groups in total. The highest BCUT2D eigenvalue weighted by Gasteiger charge is 2.38. The Bertz CT molecular complexity index is 509. The highest BCUT2D eigenvalue weighted by molar-refractivity contribution is 7.98. The van der Waals surface area contributed by atoms with Crippen LogP contribution in [0.15, 0.2) is 30.3 Å². The number of rotatable bonds is 7. The second-order valence-electron chi connectivity index (χ2n) is 6.23. The first-order valence-corrected chi connectivity index (χ1v) is 9.13. The van der Waals surface area contributed by atoms with Gasteiger partial charge in [0.1, 0.15) is 0 Å². The number of thioether (sulfide) groups is 1. The summed E-state index contributed by atoms with van der Waals surface area (Å²) in [6, 6.07) is 9.66. The van der Waals surface area contributed by atoms with Gasteiger partial charge in [0.25, 0.3) is 0 Å². The van der Waals surface area contributed by atoms with E-state index in [1.54, 1.807) is 11.8 Å². The fourth-order valence-electron chi connectivity index (χ4n) is 2.74. The summed E-state index contributed by atoms with van der Waals surface area (Å²) >= 11 is 1.70. The Morgan fingerprint density at radius 2 is 2.13 bits per heavy atom. The van der Waals surface area contributed by atoms with Gasteiger partial charge in [0.15, 0.2) is 5.79 Å². The number of hydrogen-bond acceptors (Lipinski definition) is 4. The number of carboxylic acid groups (broad SMARTS) is 1. The third kappa shape index (κ3) is 5.41. The maximum atomic E-state index is 11.6. The van der Waals surface area contributed by atoms with Crippen molar-refractivity contribution in [2.75, 3.05) is 25.2 Å². The van der Waals surface area contributed by atoms with E-state index in [1.807, 2.05) is 50.4 Å². The van der Waals surface area contributed by atoms with Crippen molar-refractivity contribution in [2.24, 2.45) is 5.92 Å². The van der Waals surface area contributed by atoms with Gasteiger partial charge in [-0.05, 0) is 25.7 Å². The topological polar surface area (TPSA) is 59.0 Å². The summed E-state index contributed by atoms with van der Waals surface area (Å²) in [4.78, 5) is 13.1. The average Bonchev–Trinajstić information content (AvgIpc) is 2.87. The maximum Gasteiger partial charge on any atom is 0.407 e. The zero-order chi connectivity index (χ0) is 16.9. The van der Waals surface area contributed by atoms with Gasteiger partial charge in [-0.15, -0.1) is 0 Å². The van der Waals surface area contributed by atoms with Crippen LogP contribution in [0.3, 0.4) is 0 Å². The number of nitrogens with zero attached hydrogens (tertiary/aromatic N) is 1. The Kier molecular flexibility index (Phi) is 6.33. The van der Waals surface area contributed by atoms with Crippen LogP contribution >= 0.6 is 11.8 Å². The molecule has 1 aromatic rings. The third-order valence-corrected chi connectivity index (χ3v) is 4.64. The fraction of sp³-hybridized carbons (Fsp3) is 0.588. The van der Waals surface area contributed by atoms with Crippen molar-refractivity contribution in [3.63, 3.8) is 0 Å². The summed E-state index contributed by atoms with van der Waals surface area (Å²) in [5, 5.41) is 9.54. The van der Waals surface area contributed by atoms with Crippen molar-refractivity contribution in [3.8, 4) is 0 Å². The summed E-state index contributed by atoms with van der Waals surface area (Å²) in [5.74, 6) is 0.351. The van der Waals surface area contributed by atoms with Crippen LogP contribution in [0.4, 0.5) is 4.79 Å². The molecule has 1 aliphatic rings. The number of benzene rings is 1. The Labute approximate surface area is 142 Å². The molecule has 128 valence electrons. The lowest BCUT2D eigenvalue weighted by Gasteiger charge is -2.29. The molecule has 5 nitrogen and oxygen atoms in total. The van der Waals surface area contributed by atoms with Crippen molar-refractivity contribution in [3.05, 3.63) is 35.9 Å². The van der Waals surface area contributed by atoms with Gasteiger partial charge in [-0.1, -0.05) is 30.3 Å². The predicted molar refractivity (Wildman–Crippen MR) is 91.7 cm³/mol. The molecule has 1 heterocycles. The zero-order valence-electron chi connectivity index (χ0n) is 13.9. The highest BCUT2D eigenvalue weighted by Crippen LogP contribution is 2.29. The second-order valence-corrected chi connectivity index (χ2v) is 7.14. The minimum atomic E-state index is -0.905. The second kappa shape index (κ2) is 8.04. The Hall–Kier alpha value is -1.24. The van der Waals surface area contributed by atoms with Gasteiger partial charge < -0.3 is 19.5 Å². The number of amides is 1. The normalized spacial score (nSPS) is 21.1. The Morgan fingerprint density at radius 1 is 1.43 bits per heavy atom. The molecule has 1 aliphatic heterocycles. The van der Waals surface area contributed by atoms with Crippen LogP contribution in [0.2, 0.25) is 0 Å². The third-order valence-electron chi connectivity index (χ3n) is 3.88. The summed E-state index contributed by atoms with van der Waals surface area (Å²) in [6.07, 6.45) is 1.05. The van der Waals surface area contributed by atoms with Gasteiger partial charge in [0.2, 0.25) is 0 Å². The first-order chi connectivity index (χ1) is 10.9. The van der Waals surface area contributed by atoms with E-state index in [0.29, 0.717) is 19.7 Å². The molecule has 1 aromatic carbocycles. The molecule has 0 radical (unpaired) electrons. The van der Waals surface area contributed by atoms with Crippen molar-refractivity contribution in [1.82, 2.24) is 4.90 Å². The summed E-state index contributed by atoms with van der Waals surface area (Å²) in [7, 11) is 0. The van der Waals surface area contributed by atoms with Crippen LogP contribution < -0.4 is 0 Å². The van der Waals surface area contributed by atoms with Gasteiger partial charge in [-0.3, -0.25) is 0 Å². The molecule has 23 heavy (non-hydrogen) atoms. The molecule has 0 aromatic heterocycles. The van der Waals surface area contributed by atoms with Gasteiger partial charge in [-0.2, -0.15) is 11.8 Å². The SMILES string of the molecule is CSC[C@H](CN(Cc1ccccc1)C(=O)O)[C@H]1COC(C)(C)O1. The lowest BCUT2D eigenvalue weighted by Crippen LogP contribution is -2.40. The standard InChI is InChI=1S/C17H25NO4S/c1-17(2)21-11-15(22-17)14(12-23-3)10-18(16(19)20)9-13-7-5-4-6-8-13/h4-8,14-15H,9-12H2,1-3H3,(H,19,20)/t14-,15+/m0/s1. The van der Waals surface area contributed by atoms with E-state index >= 15 is 0 Å². The molecule has 2 atom stereocenters. The molecule has 1 amide bonds. The van der Waals surface area contributed by atoms with E-state index in [4.69, 9.17) is 9.47 Å². The lowest BCUT2D eigenvalue weighted by molar-refractivity contribution is -0.144. The average molecular weight is 339 g/mol. The fourth-order valence-corrected chi connectivity index (χ4v) is 3.48. The van der Waals surface area contributed by atoms with E-state index in [2.05, 4.69) is 0 Å². The van der Waals surface area contributed by atoms with E-state index in [0.717, 1.165) is 11.3 Å². The minimum absolute atomic E-state index is 0.0740. The highest BCUT2D eigenvalue weighted by atomic mass is 32.2. The molecule has 1 fully saturated rings. The Balaban J connectivity index is 2.04. The van der Waals surface area contributed by atoms with E-state index < -0.39 is 11.9 Å². The largest absolute Gasteiger partial charge is 0.465 e. The zero-order valence-corrected chi connectivity index (χ0v) is 14.7. The Morgan fingerprint density at radius 3 is 2.65 bits per heavy atom. The van der Waals surface area contributed by atoms with Crippen molar-refractivity contribution >= 4 is 17.9 Å². The molecular weight excluding hydrogens is 314 g/mol. The monoisotopic (exact) mass is 339 g/mol. The first kappa shape index (κ1) is 18.1. The van der Waals surface area contributed by atoms with Gasteiger partial charge in [0.05, 0.1) is 12.7 Å². The smallest absolute Gasteiger partial charge is 0.407 e. The van der Waals surface area contributed by atoms with E-state index in [1.165, 1.54) is 4.90 Å². The molecule has 2 rings (SSSR count). The molecule has 1 saturated heterocycles. The van der Waals surface area contributed by atoms with E-state index in [-0.39, 0.29) is 12.0 Å². The predicted octanol–water partition coefficient (Wildman–Crippen LogP) is 3.30. The molecule has 0 aliphatic carbocycles. The van der Waals surface area contributed by atoms with E-state index in [9.17, 15) is 9.90 Å². The van der Waals surface area contributed by atoms with Gasteiger partial charge in [0, 0.05) is 24.8 Å². The number of carbonyl (C=O) groups is 1. The molecule has 6 heteroatoms. The number of ether oxygens (including phenoxy) is 2. The van der Waals surface area contributed by atoms with Gasteiger partial charge >= 0.3 is 6.09 Å². The molecule has 0 bridgehead atoms. The summed E-state index contributed by atoms with van der Waals surface area (Å²) in [6.45, 7) is 5.12. The summed E-state index contributed by atoms with van der Waals surface area (Å²) in [5.41, 5.74) is 0.988. The van der Waals surface area contributed by atoms with Crippen LogP contribution in [-0.2, 0) is 16.0 Å². The van der Waals surface area contributed by atoms with Gasteiger partial charge in [-0.25, -0.2) is 4.79 Å². The molecule has 0 unspecified atom stereocenters.